The number of aliphatic hydroxyl groups is 1. The van der Waals surface area contributed by atoms with Crippen LogP contribution in [-0.2, 0) is 13.6 Å². The van der Waals surface area contributed by atoms with E-state index in [0.29, 0.717) is 29.6 Å². The van der Waals surface area contributed by atoms with Gasteiger partial charge < -0.3 is 15.7 Å². The van der Waals surface area contributed by atoms with Crippen molar-refractivity contribution in [2.45, 2.75) is 19.6 Å². The largest absolute Gasteiger partial charge is 0.387 e. The van der Waals surface area contributed by atoms with E-state index in [0.717, 1.165) is 12.2 Å². The number of aromatic nitrogens is 2. The van der Waals surface area contributed by atoms with Gasteiger partial charge in [0, 0.05) is 36.9 Å². The highest BCUT2D eigenvalue weighted by molar-refractivity contribution is 6.31. The lowest BCUT2D eigenvalue weighted by Crippen LogP contribution is -2.39. The van der Waals surface area contributed by atoms with Crippen molar-refractivity contribution < 1.29 is 5.11 Å². The summed E-state index contributed by atoms with van der Waals surface area (Å²) >= 11 is 6.10. The van der Waals surface area contributed by atoms with Crippen molar-refractivity contribution in [3.8, 4) is 0 Å². The van der Waals surface area contributed by atoms with Crippen LogP contribution in [0.4, 0.5) is 0 Å². The number of aliphatic hydroxyl groups excluding tert-OH is 1. The second-order valence-corrected chi connectivity index (χ2v) is 5.47. The quantitative estimate of drug-likeness (QED) is 0.556. The molecule has 6 nitrogen and oxygen atoms in total. The fourth-order valence-corrected chi connectivity index (χ4v) is 2.37. The summed E-state index contributed by atoms with van der Waals surface area (Å²) in [7, 11) is 1.88. The molecule has 0 amide bonds. The zero-order chi connectivity index (χ0) is 16.7. The number of halogens is 1. The van der Waals surface area contributed by atoms with Gasteiger partial charge in [-0.2, -0.15) is 5.10 Å². The first-order chi connectivity index (χ1) is 11.1. The maximum atomic E-state index is 10.3. The van der Waals surface area contributed by atoms with Gasteiger partial charge in [-0.15, -0.1) is 0 Å². The fourth-order valence-electron chi connectivity index (χ4n) is 2.11. The number of nitrogens with zero attached hydrogens (tertiary/aromatic N) is 3. The molecule has 3 N–H and O–H groups in total. The van der Waals surface area contributed by atoms with Crippen LogP contribution < -0.4 is 10.6 Å². The van der Waals surface area contributed by atoms with Crippen LogP contribution in [0.15, 0.2) is 41.5 Å². The lowest BCUT2D eigenvalue weighted by atomic mass is 10.1. The van der Waals surface area contributed by atoms with E-state index in [-0.39, 0.29) is 0 Å². The first-order valence-corrected chi connectivity index (χ1v) is 7.91. The molecule has 0 saturated carbocycles. The number of aryl methyl sites for hydroxylation is 1. The predicted molar refractivity (Wildman–Crippen MR) is 92.4 cm³/mol. The van der Waals surface area contributed by atoms with Gasteiger partial charge in [0.1, 0.15) is 0 Å². The molecule has 124 valence electrons. The summed E-state index contributed by atoms with van der Waals surface area (Å²) in [6.07, 6.45) is 1.04. The molecule has 2 aromatic rings. The van der Waals surface area contributed by atoms with Gasteiger partial charge in [0.05, 0.1) is 18.3 Å². The minimum atomic E-state index is -0.704. The molecule has 1 unspecified atom stereocenters. The molecular formula is C16H22ClN5O. The van der Waals surface area contributed by atoms with E-state index < -0.39 is 6.10 Å². The van der Waals surface area contributed by atoms with Crippen molar-refractivity contribution in [3.63, 3.8) is 0 Å². The molecule has 0 radical (unpaired) electrons. The van der Waals surface area contributed by atoms with Gasteiger partial charge in [-0.05, 0) is 19.1 Å². The second kappa shape index (κ2) is 8.55. The molecule has 1 aromatic heterocycles. The number of rotatable bonds is 6. The summed E-state index contributed by atoms with van der Waals surface area (Å²) in [6.45, 7) is 3.56. The molecule has 0 aliphatic heterocycles. The SMILES string of the molecule is CCNC(=NCc1ccnn1C)NCC(O)c1ccccc1Cl. The average molecular weight is 336 g/mol. The van der Waals surface area contributed by atoms with Crippen LogP contribution in [0.3, 0.4) is 0 Å². The number of hydrogen-bond acceptors (Lipinski definition) is 3. The number of nitrogens with one attached hydrogen (secondary N) is 2. The van der Waals surface area contributed by atoms with E-state index in [1.165, 1.54) is 0 Å². The summed E-state index contributed by atoms with van der Waals surface area (Å²) in [6, 6.07) is 9.19. The summed E-state index contributed by atoms with van der Waals surface area (Å²) in [4.78, 5) is 4.49. The Morgan fingerprint density at radius 2 is 2.13 bits per heavy atom. The zero-order valence-electron chi connectivity index (χ0n) is 13.3. The van der Waals surface area contributed by atoms with Crippen molar-refractivity contribution in [3.05, 3.63) is 52.8 Å². The van der Waals surface area contributed by atoms with Crippen molar-refractivity contribution in [2.75, 3.05) is 13.1 Å². The van der Waals surface area contributed by atoms with Gasteiger partial charge in [0.2, 0.25) is 0 Å². The third-order valence-corrected chi connectivity index (χ3v) is 3.74. The second-order valence-electron chi connectivity index (χ2n) is 5.06. The van der Waals surface area contributed by atoms with E-state index in [1.807, 2.05) is 38.2 Å². The smallest absolute Gasteiger partial charge is 0.191 e. The molecule has 0 bridgehead atoms. The first-order valence-electron chi connectivity index (χ1n) is 7.53. The Morgan fingerprint density at radius 1 is 1.35 bits per heavy atom. The van der Waals surface area contributed by atoms with Crippen molar-refractivity contribution in [1.82, 2.24) is 20.4 Å². The highest BCUT2D eigenvalue weighted by Crippen LogP contribution is 2.21. The van der Waals surface area contributed by atoms with Crippen LogP contribution >= 0.6 is 11.6 Å². The van der Waals surface area contributed by atoms with Crippen LogP contribution in [0.2, 0.25) is 5.02 Å². The Bertz CT molecular complexity index is 655. The highest BCUT2D eigenvalue weighted by Gasteiger charge is 2.11. The maximum absolute atomic E-state index is 10.3. The van der Waals surface area contributed by atoms with Gasteiger partial charge >= 0.3 is 0 Å². The molecule has 1 atom stereocenters. The number of aliphatic imine (C=N–C) groups is 1. The van der Waals surface area contributed by atoms with Crippen LogP contribution in [-0.4, -0.2) is 33.9 Å². The molecule has 1 heterocycles. The third-order valence-electron chi connectivity index (χ3n) is 3.39. The Kier molecular flexibility index (Phi) is 6.43. The van der Waals surface area contributed by atoms with Crippen LogP contribution in [0.1, 0.15) is 24.3 Å². The number of guanidine groups is 1. The zero-order valence-corrected chi connectivity index (χ0v) is 14.1. The molecule has 7 heteroatoms. The van der Waals surface area contributed by atoms with E-state index in [4.69, 9.17) is 11.6 Å². The molecule has 1 aromatic carbocycles. The van der Waals surface area contributed by atoms with Gasteiger partial charge in [-0.1, -0.05) is 29.8 Å². The summed E-state index contributed by atoms with van der Waals surface area (Å²) in [5.41, 5.74) is 1.71. The Hall–Kier alpha value is -2.05. The molecule has 0 fully saturated rings. The predicted octanol–water partition coefficient (Wildman–Crippen LogP) is 1.86. The van der Waals surface area contributed by atoms with Gasteiger partial charge in [-0.25, -0.2) is 4.99 Å². The Balaban J connectivity index is 1.96. The summed E-state index contributed by atoms with van der Waals surface area (Å²) in [5.74, 6) is 0.639. The van der Waals surface area contributed by atoms with E-state index in [2.05, 4.69) is 20.7 Å². The van der Waals surface area contributed by atoms with Gasteiger partial charge in [-0.3, -0.25) is 4.68 Å². The average Bonchev–Trinajstić information content (AvgIpc) is 2.95. The lowest BCUT2D eigenvalue weighted by molar-refractivity contribution is 0.181. The number of hydrogen-bond donors (Lipinski definition) is 3. The van der Waals surface area contributed by atoms with E-state index in [1.54, 1.807) is 16.9 Å². The normalized spacial score (nSPS) is 13.0. The molecule has 23 heavy (non-hydrogen) atoms. The molecular weight excluding hydrogens is 314 g/mol. The maximum Gasteiger partial charge on any atom is 0.191 e. The Morgan fingerprint density at radius 3 is 2.78 bits per heavy atom. The molecule has 0 saturated heterocycles. The summed E-state index contributed by atoms with van der Waals surface area (Å²) in [5, 5.41) is 21.2. The van der Waals surface area contributed by atoms with Crippen molar-refractivity contribution in [2.24, 2.45) is 12.0 Å². The minimum absolute atomic E-state index is 0.320. The molecule has 0 aliphatic carbocycles. The summed E-state index contributed by atoms with van der Waals surface area (Å²) < 4.78 is 1.78. The Labute approximate surface area is 141 Å². The highest BCUT2D eigenvalue weighted by atomic mass is 35.5. The van der Waals surface area contributed by atoms with Crippen LogP contribution in [0, 0.1) is 0 Å². The third kappa shape index (κ3) is 4.97. The first kappa shape index (κ1) is 17.3. The van der Waals surface area contributed by atoms with Gasteiger partial charge in [0.15, 0.2) is 5.96 Å². The minimum Gasteiger partial charge on any atom is -0.387 e. The van der Waals surface area contributed by atoms with E-state index >= 15 is 0 Å². The molecule has 2 rings (SSSR count). The van der Waals surface area contributed by atoms with Gasteiger partial charge in [0.25, 0.3) is 0 Å². The monoisotopic (exact) mass is 335 g/mol. The van der Waals surface area contributed by atoms with Crippen LogP contribution in [0.5, 0.6) is 0 Å². The van der Waals surface area contributed by atoms with Crippen molar-refractivity contribution >= 4 is 17.6 Å². The molecule has 0 aliphatic rings. The van der Waals surface area contributed by atoms with Crippen molar-refractivity contribution in [1.29, 1.82) is 0 Å². The lowest BCUT2D eigenvalue weighted by Gasteiger charge is -2.16. The van der Waals surface area contributed by atoms with E-state index in [9.17, 15) is 5.11 Å². The topological polar surface area (TPSA) is 74.5 Å². The molecule has 0 spiro atoms. The fraction of sp³-hybridized carbons (Fsp3) is 0.375. The number of benzene rings is 1. The van der Waals surface area contributed by atoms with Crippen LogP contribution in [0.25, 0.3) is 0 Å². The standard InChI is InChI=1S/C16H22ClN5O/c1-3-18-16(19-10-12-8-9-21-22(12)2)20-11-15(23)13-6-4-5-7-14(13)17/h4-9,15,23H,3,10-11H2,1-2H3,(H2,18,19,20).